The van der Waals surface area contributed by atoms with Crippen molar-refractivity contribution in [2.75, 3.05) is 6.54 Å². The average molecular weight is 394 g/mol. The maximum absolute atomic E-state index is 12.0. The van der Waals surface area contributed by atoms with Crippen molar-refractivity contribution in [1.29, 1.82) is 0 Å². The predicted molar refractivity (Wildman–Crippen MR) is 80.8 cm³/mol. The highest BCUT2D eigenvalue weighted by molar-refractivity contribution is 9.11. The number of carbonyl (C=O) groups is 1. The molecule has 2 N–H and O–H groups in total. The summed E-state index contributed by atoms with van der Waals surface area (Å²) in [5.74, 6) is -1.08. The fourth-order valence-corrected chi connectivity index (χ4v) is 4.05. The van der Waals surface area contributed by atoms with Crippen molar-refractivity contribution in [3.05, 3.63) is 33.2 Å². The quantitative estimate of drug-likeness (QED) is 0.738. The summed E-state index contributed by atoms with van der Waals surface area (Å²) in [5.41, 5.74) is 0. The van der Waals surface area contributed by atoms with Crippen molar-refractivity contribution >= 4 is 43.3 Å². The number of halogens is 1. The average Bonchev–Trinajstić information content (AvgIpc) is 2.98. The highest BCUT2D eigenvalue weighted by Crippen LogP contribution is 2.22. The van der Waals surface area contributed by atoms with Gasteiger partial charge in [0.15, 0.2) is 0 Å². The summed E-state index contributed by atoms with van der Waals surface area (Å²) in [5, 5.41) is 12.3. The van der Waals surface area contributed by atoms with Gasteiger partial charge in [-0.2, -0.15) is 5.10 Å². The van der Waals surface area contributed by atoms with Gasteiger partial charge >= 0.3 is 5.97 Å². The molecular formula is C11H12BrN3O4S2. The van der Waals surface area contributed by atoms with Crippen LogP contribution in [0.25, 0.3) is 0 Å². The van der Waals surface area contributed by atoms with E-state index in [0.717, 1.165) is 19.5 Å². The molecule has 21 heavy (non-hydrogen) atoms. The molecule has 0 aliphatic rings. The van der Waals surface area contributed by atoms with Crippen molar-refractivity contribution in [3.63, 3.8) is 0 Å². The molecule has 0 aromatic carbocycles. The molecule has 2 aromatic heterocycles. The molecule has 0 bridgehead atoms. The molecule has 0 aliphatic heterocycles. The molecule has 0 radical (unpaired) electrons. The largest absolute Gasteiger partial charge is 0.480 e. The third-order valence-corrected chi connectivity index (χ3v) is 5.61. The molecule has 0 saturated heterocycles. The minimum absolute atomic E-state index is 0.0453. The van der Waals surface area contributed by atoms with Crippen LogP contribution in [0.3, 0.4) is 0 Å². The minimum atomic E-state index is -3.67. The molecule has 0 atom stereocenters. The van der Waals surface area contributed by atoms with Crippen molar-refractivity contribution in [3.8, 4) is 0 Å². The lowest BCUT2D eigenvalue weighted by Crippen LogP contribution is -2.25. The smallest absolute Gasteiger partial charge is 0.325 e. The van der Waals surface area contributed by atoms with Crippen LogP contribution >= 0.6 is 27.3 Å². The predicted octanol–water partition coefficient (Wildman–Crippen LogP) is 1.31. The van der Waals surface area contributed by atoms with Gasteiger partial charge in [-0.3, -0.25) is 9.48 Å². The van der Waals surface area contributed by atoms with Crippen molar-refractivity contribution in [2.45, 2.75) is 17.9 Å². The van der Waals surface area contributed by atoms with Crippen molar-refractivity contribution in [2.24, 2.45) is 0 Å². The van der Waals surface area contributed by atoms with Gasteiger partial charge < -0.3 is 5.11 Å². The van der Waals surface area contributed by atoms with E-state index in [1.807, 2.05) is 12.1 Å². The van der Waals surface area contributed by atoms with Gasteiger partial charge in [0.05, 0.1) is 9.98 Å². The molecule has 2 heterocycles. The summed E-state index contributed by atoms with van der Waals surface area (Å²) in [6.07, 6.45) is 2.91. The molecule has 2 aromatic rings. The number of thiophene rings is 1. The second kappa shape index (κ2) is 6.69. The maximum atomic E-state index is 12.0. The number of rotatable bonds is 7. The Hall–Kier alpha value is -1.23. The summed E-state index contributed by atoms with van der Waals surface area (Å²) < 4.78 is 28.5. The molecule has 114 valence electrons. The maximum Gasteiger partial charge on any atom is 0.325 e. The summed E-state index contributed by atoms with van der Waals surface area (Å²) in [7, 11) is -3.67. The topological polar surface area (TPSA) is 101 Å². The van der Waals surface area contributed by atoms with E-state index >= 15 is 0 Å². The highest BCUT2D eigenvalue weighted by Gasteiger charge is 2.16. The number of hydrogen-bond donors (Lipinski definition) is 2. The Morgan fingerprint density at radius 2 is 2.24 bits per heavy atom. The molecule has 0 fully saturated rings. The number of nitrogens with zero attached hydrogens (tertiary/aromatic N) is 2. The Morgan fingerprint density at radius 1 is 1.48 bits per heavy atom. The van der Waals surface area contributed by atoms with Gasteiger partial charge in [-0.15, -0.1) is 11.3 Å². The van der Waals surface area contributed by atoms with E-state index in [0.29, 0.717) is 6.42 Å². The molecule has 0 unspecified atom stereocenters. The van der Waals surface area contributed by atoms with Crippen LogP contribution in [0.2, 0.25) is 0 Å². The van der Waals surface area contributed by atoms with E-state index in [4.69, 9.17) is 5.11 Å². The number of sulfonamides is 1. The minimum Gasteiger partial charge on any atom is -0.480 e. The number of carboxylic acid groups (broad SMARTS) is 1. The molecule has 0 saturated carbocycles. The van der Waals surface area contributed by atoms with Crippen molar-refractivity contribution in [1.82, 2.24) is 14.5 Å². The lowest BCUT2D eigenvalue weighted by Gasteiger charge is -2.03. The van der Waals surface area contributed by atoms with Crippen LogP contribution in [-0.2, 0) is 27.8 Å². The number of aliphatic carboxylic acids is 1. The first kappa shape index (κ1) is 16.1. The number of nitrogens with one attached hydrogen (secondary N) is 1. The molecule has 0 amide bonds. The number of aromatic nitrogens is 2. The molecule has 0 aliphatic carbocycles. The Labute approximate surface area is 133 Å². The Kier molecular flexibility index (Phi) is 5.14. The van der Waals surface area contributed by atoms with E-state index in [-0.39, 0.29) is 18.0 Å². The van der Waals surface area contributed by atoms with Gasteiger partial charge in [-0.05, 0) is 34.5 Å². The number of hydrogen-bond acceptors (Lipinski definition) is 5. The lowest BCUT2D eigenvalue weighted by atomic mass is 10.3. The Balaban J connectivity index is 1.94. The second-order valence-corrected chi connectivity index (χ2v) is 8.44. The Morgan fingerprint density at radius 3 is 2.86 bits per heavy atom. The zero-order chi connectivity index (χ0) is 15.5. The van der Waals surface area contributed by atoms with Crippen LogP contribution in [0.15, 0.2) is 33.2 Å². The SMILES string of the molecule is O=C(O)Cn1cc(S(=O)(=O)NCCc2ccc(Br)s2)cn1. The van der Waals surface area contributed by atoms with Crippen LogP contribution in [0, 0.1) is 0 Å². The van der Waals surface area contributed by atoms with Gasteiger partial charge in [0.2, 0.25) is 10.0 Å². The molecule has 10 heteroatoms. The highest BCUT2D eigenvalue weighted by atomic mass is 79.9. The monoisotopic (exact) mass is 393 g/mol. The molecule has 7 nitrogen and oxygen atoms in total. The summed E-state index contributed by atoms with van der Waals surface area (Å²) in [4.78, 5) is 11.5. The van der Waals surface area contributed by atoms with Crippen LogP contribution in [-0.4, -0.2) is 35.8 Å². The normalized spacial score (nSPS) is 11.7. The first-order valence-corrected chi connectivity index (χ1v) is 8.94. The second-order valence-electron chi connectivity index (χ2n) is 4.12. The first-order chi connectivity index (χ1) is 9.87. The van der Waals surface area contributed by atoms with Crippen molar-refractivity contribution < 1.29 is 18.3 Å². The first-order valence-electron chi connectivity index (χ1n) is 5.85. The molecule has 0 spiro atoms. The van der Waals surface area contributed by atoms with Gasteiger partial charge in [-0.1, -0.05) is 0 Å². The van der Waals surface area contributed by atoms with Gasteiger partial charge in [-0.25, -0.2) is 13.1 Å². The van der Waals surface area contributed by atoms with Gasteiger partial charge in [0.1, 0.15) is 11.4 Å². The third kappa shape index (κ3) is 4.63. The zero-order valence-corrected chi connectivity index (χ0v) is 13.9. The lowest BCUT2D eigenvalue weighted by molar-refractivity contribution is -0.137. The van der Waals surface area contributed by atoms with E-state index in [1.54, 1.807) is 11.3 Å². The van der Waals surface area contributed by atoms with Gasteiger partial charge in [0.25, 0.3) is 0 Å². The third-order valence-electron chi connectivity index (χ3n) is 2.51. The molecule has 2 rings (SSSR count). The summed E-state index contributed by atoms with van der Waals surface area (Å²) in [6, 6.07) is 3.83. The van der Waals surface area contributed by atoms with E-state index in [1.165, 1.54) is 6.20 Å². The fraction of sp³-hybridized carbons (Fsp3) is 0.273. The van der Waals surface area contributed by atoms with E-state index < -0.39 is 16.0 Å². The number of carboxylic acids is 1. The van der Waals surface area contributed by atoms with Crippen LogP contribution in [0.4, 0.5) is 0 Å². The van der Waals surface area contributed by atoms with Gasteiger partial charge in [0, 0.05) is 17.6 Å². The summed E-state index contributed by atoms with van der Waals surface area (Å²) in [6.45, 7) is -0.113. The van der Waals surface area contributed by atoms with Crippen LogP contribution < -0.4 is 4.72 Å². The van der Waals surface area contributed by atoms with Crippen LogP contribution in [0.1, 0.15) is 4.88 Å². The Bertz CT molecular complexity index is 738. The fourth-order valence-electron chi connectivity index (χ4n) is 1.59. The molecular weight excluding hydrogens is 382 g/mol. The van der Waals surface area contributed by atoms with E-state index in [2.05, 4.69) is 25.8 Å². The zero-order valence-electron chi connectivity index (χ0n) is 10.7. The summed E-state index contributed by atoms with van der Waals surface area (Å²) >= 11 is 4.89. The van der Waals surface area contributed by atoms with Crippen LogP contribution in [0.5, 0.6) is 0 Å². The standard InChI is InChI=1S/C11H12BrN3O4S2/c12-10-2-1-8(20-10)3-4-14-21(18,19)9-5-13-15(6-9)7-11(16)17/h1-2,5-6,14H,3-4,7H2,(H,16,17). The van der Waals surface area contributed by atoms with E-state index in [9.17, 15) is 13.2 Å².